The van der Waals surface area contributed by atoms with Gasteiger partial charge in [0.1, 0.15) is 11.7 Å². The Morgan fingerprint density at radius 1 is 1.47 bits per heavy atom. The summed E-state index contributed by atoms with van der Waals surface area (Å²) < 4.78 is 5.09. The zero-order chi connectivity index (χ0) is 14.8. The maximum atomic E-state index is 8.82. The second kappa shape index (κ2) is 9.63. The van der Waals surface area contributed by atoms with Crippen molar-refractivity contribution in [2.45, 2.75) is 26.3 Å². The van der Waals surface area contributed by atoms with E-state index < -0.39 is 0 Å². The van der Waals surface area contributed by atoms with E-state index in [2.05, 4.69) is 10.6 Å². The molecule has 112 valence electrons. The normalized spacial score (nSPS) is 13.6. The van der Waals surface area contributed by atoms with E-state index >= 15 is 0 Å². The van der Waals surface area contributed by atoms with Gasteiger partial charge in [0.2, 0.25) is 0 Å². The highest BCUT2D eigenvalue weighted by molar-refractivity contribution is 5.95. The van der Waals surface area contributed by atoms with E-state index in [0.717, 1.165) is 11.4 Å². The van der Waals surface area contributed by atoms with E-state index in [1.165, 1.54) is 0 Å². The molecule has 0 aliphatic carbocycles. The van der Waals surface area contributed by atoms with Crippen molar-refractivity contribution in [3.05, 3.63) is 11.4 Å². The third kappa shape index (κ3) is 6.45. The van der Waals surface area contributed by atoms with Crippen molar-refractivity contribution in [2.24, 2.45) is 0 Å². The molecule has 0 aromatic rings. The highest BCUT2D eigenvalue weighted by Crippen LogP contribution is 2.05. The summed E-state index contributed by atoms with van der Waals surface area (Å²) in [7, 11) is 5.35. The molecule has 0 heterocycles. The van der Waals surface area contributed by atoms with Gasteiger partial charge in [0.15, 0.2) is 0 Å². The molecular formula is C13H28N4O2. The fourth-order valence-corrected chi connectivity index (χ4v) is 1.73. The quantitative estimate of drug-likeness (QED) is 0.360. The molecule has 0 rings (SSSR count). The Balaban J connectivity index is 4.70. The molecule has 1 atom stereocenters. The highest BCUT2D eigenvalue weighted by Gasteiger charge is 2.12. The molecule has 0 spiro atoms. The summed E-state index contributed by atoms with van der Waals surface area (Å²) in [5.41, 5.74) is 0.839. The van der Waals surface area contributed by atoms with Crippen LogP contribution in [0.4, 0.5) is 0 Å². The van der Waals surface area contributed by atoms with Crippen LogP contribution >= 0.6 is 0 Å². The highest BCUT2D eigenvalue weighted by atomic mass is 16.5. The van der Waals surface area contributed by atoms with Crippen molar-refractivity contribution in [1.82, 2.24) is 15.5 Å². The van der Waals surface area contributed by atoms with Gasteiger partial charge in [0.25, 0.3) is 0 Å². The second-order valence-electron chi connectivity index (χ2n) is 4.60. The lowest BCUT2D eigenvalue weighted by Crippen LogP contribution is -2.38. The van der Waals surface area contributed by atoms with E-state index in [0.29, 0.717) is 25.4 Å². The topological polar surface area (TPSA) is 80.6 Å². The lowest BCUT2D eigenvalue weighted by molar-refractivity contribution is 0.175. The van der Waals surface area contributed by atoms with Gasteiger partial charge in [0, 0.05) is 46.0 Å². The van der Waals surface area contributed by atoms with Crippen LogP contribution in [0.25, 0.3) is 0 Å². The fourth-order valence-electron chi connectivity index (χ4n) is 1.73. The molecule has 0 unspecified atom stereocenters. The molecule has 0 amide bonds. The largest absolute Gasteiger partial charge is 0.396 e. The SMILES string of the molecule is CNC(N[C@H](C)COC)=C(C)C(=N)N(C)CCCO. The molecule has 6 heteroatoms. The Morgan fingerprint density at radius 3 is 2.58 bits per heavy atom. The minimum absolute atomic E-state index is 0.141. The first-order valence-corrected chi connectivity index (χ1v) is 6.52. The van der Waals surface area contributed by atoms with Crippen LogP contribution in [0.5, 0.6) is 0 Å². The van der Waals surface area contributed by atoms with Crippen molar-refractivity contribution in [1.29, 1.82) is 5.41 Å². The fraction of sp³-hybridized carbons (Fsp3) is 0.769. The molecular weight excluding hydrogens is 244 g/mol. The molecule has 0 bridgehead atoms. The van der Waals surface area contributed by atoms with Crippen LogP contribution in [-0.4, -0.2) is 62.8 Å². The lowest BCUT2D eigenvalue weighted by atomic mass is 10.2. The number of hydrogen-bond acceptors (Lipinski definition) is 5. The van der Waals surface area contributed by atoms with Crippen molar-refractivity contribution in [2.75, 3.05) is 41.0 Å². The van der Waals surface area contributed by atoms with Gasteiger partial charge in [-0.05, 0) is 20.3 Å². The Morgan fingerprint density at radius 2 is 2.11 bits per heavy atom. The number of hydrogen-bond donors (Lipinski definition) is 4. The third-order valence-corrected chi connectivity index (χ3v) is 2.82. The number of nitrogens with zero attached hydrogens (tertiary/aromatic N) is 1. The zero-order valence-electron chi connectivity index (χ0n) is 12.7. The van der Waals surface area contributed by atoms with Crippen molar-refractivity contribution >= 4 is 5.84 Å². The van der Waals surface area contributed by atoms with Gasteiger partial charge in [-0.2, -0.15) is 0 Å². The van der Waals surface area contributed by atoms with Crippen LogP contribution in [0, 0.1) is 5.41 Å². The van der Waals surface area contributed by atoms with E-state index in [-0.39, 0.29) is 12.6 Å². The second-order valence-corrected chi connectivity index (χ2v) is 4.60. The van der Waals surface area contributed by atoms with Crippen LogP contribution in [0.2, 0.25) is 0 Å². The Bertz CT molecular complexity index is 305. The van der Waals surface area contributed by atoms with Gasteiger partial charge in [-0.25, -0.2) is 0 Å². The molecule has 0 saturated heterocycles. The van der Waals surface area contributed by atoms with E-state index in [9.17, 15) is 0 Å². The Kier molecular flexibility index (Phi) is 8.99. The summed E-state index contributed by atoms with van der Waals surface area (Å²) in [5, 5.41) is 23.3. The summed E-state index contributed by atoms with van der Waals surface area (Å²) in [6.07, 6.45) is 0.661. The third-order valence-electron chi connectivity index (χ3n) is 2.82. The first-order chi connectivity index (χ1) is 8.97. The van der Waals surface area contributed by atoms with Gasteiger partial charge < -0.3 is 25.4 Å². The van der Waals surface area contributed by atoms with Gasteiger partial charge in [0.05, 0.1) is 6.61 Å². The standard InChI is InChI=1S/C13H28N4O2/c1-10(9-19-5)16-13(15-3)11(2)12(14)17(4)7-6-8-18/h10,14-16,18H,6-9H2,1-5H3/t10-/m1/s1. The van der Waals surface area contributed by atoms with Crippen LogP contribution in [0.3, 0.4) is 0 Å². The summed E-state index contributed by atoms with van der Waals surface area (Å²) in [4.78, 5) is 1.82. The van der Waals surface area contributed by atoms with Gasteiger partial charge >= 0.3 is 0 Å². The Labute approximate surface area is 116 Å². The molecule has 0 aromatic carbocycles. The Hall–Kier alpha value is -1.27. The summed E-state index contributed by atoms with van der Waals surface area (Å²) in [6, 6.07) is 0.165. The molecule has 0 radical (unpaired) electrons. The van der Waals surface area contributed by atoms with Crippen molar-refractivity contribution in [3.8, 4) is 0 Å². The summed E-state index contributed by atoms with van der Waals surface area (Å²) in [5.74, 6) is 1.26. The van der Waals surface area contributed by atoms with Crippen molar-refractivity contribution < 1.29 is 9.84 Å². The monoisotopic (exact) mass is 272 g/mol. The molecule has 4 N–H and O–H groups in total. The number of amidine groups is 1. The average Bonchev–Trinajstić information content (AvgIpc) is 2.40. The van der Waals surface area contributed by atoms with E-state index in [1.54, 1.807) is 7.11 Å². The van der Waals surface area contributed by atoms with Crippen molar-refractivity contribution in [3.63, 3.8) is 0 Å². The first kappa shape index (κ1) is 17.7. The van der Waals surface area contributed by atoms with Gasteiger partial charge in [-0.3, -0.25) is 5.41 Å². The smallest absolute Gasteiger partial charge is 0.126 e. The summed E-state index contributed by atoms with van der Waals surface area (Å²) >= 11 is 0. The summed E-state index contributed by atoms with van der Waals surface area (Å²) in [6.45, 7) is 5.33. The minimum atomic E-state index is 0.141. The van der Waals surface area contributed by atoms with Crippen LogP contribution < -0.4 is 10.6 Å². The molecule has 0 saturated carbocycles. The van der Waals surface area contributed by atoms with E-state index in [4.69, 9.17) is 15.3 Å². The molecule has 19 heavy (non-hydrogen) atoms. The minimum Gasteiger partial charge on any atom is -0.396 e. The maximum absolute atomic E-state index is 8.82. The zero-order valence-corrected chi connectivity index (χ0v) is 12.7. The molecule has 0 aliphatic heterocycles. The number of likely N-dealkylation sites (N-methyl/N-ethyl adjacent to an activating group) is 1. The lowest BCUT2D eigenvalue weighted by Gasteiger charge is -2.24. The predicted molar refractivity (Wildman–Crippen MR) is 78.3 cm³/mol. The van der Waals surface area contributed by atoms with Crippen LogP contribution in [-0.2, 0) is 4.74 Å². The van der Waals surface area contributed by atoms with Gasteiger partial charge in [-0.1, -0.05) is 0 Å². The number of nitrogens with one attached hydrogen (secondary N) is 3. The molecule has 0 aromatic heterocycles. The molecule has 0 fully saturated rings. The molecule has 6 nitrogen and oxygen atoms in total. The number of rotatable bonds is 9. The maximum Gasteiger partial charge on any atom is 0.126 e. The van der Waals surface area contributed by atoms with Crippen LogP contribution in [0.1, 0.15) is 20.3 Å². The van der Waals surface area contributed by atoms with E-state index in [1.807, 2.05) is 32.8 Å². The first-order valence-electron chi connectivity index (χ1n) is 6.52. The number of aliphatic hydroxyl groups excluding tert-OH is 1. The van der Waals surface area contributed by atoms with Gasteiger partial charge in [-0.15, -0.1) is 0 Å². The predicted octanol–water partition coefficient (Wildman–Crippen LogP) is 0.353. The number of ether oxygens (including phenoxy) is 1. The number of methoxy groups -OCH3 is 1. The van der Waals surface area contributed by atoms with Crippen LogP contribution in [0.15, 0.2) is 11.4 Å². The number of aliphatic hydroxyl groups is 1. The molecule has 0 aliphatic rings. The average molecular weight is 272 g/mol.